The van der Waals surface area contributed by atoms with Crippen LogP contribution in [0.2, 0.25) is 0 Å². The summed E-state index contributed by atoms with van der Waals surface area (Å²) in [5, 5.41) is 5.27. The first-order valence-electron chi connectivity index (χ1n) is 9.63. The minimum absolute atomic E-state index is 0.0207. The van der Waals surface area contributed by atoms with Crippen LogP contribution in [-0.4, -0.2) is 43.9 Å². The predicted octanol–water partition coefficient (Wildman–Crippen LogP) is 3.05. The number of hydrogen-bond donors (Lipinski definition) is 2. The first-order valence-corrected chi connectivity index (χ1v) is 10.4. The number of amides is 2. The van der Waals surface area contributed by atoms with Crippen LogP contribution in [0.25, 0.3) is 0 Å². The molecular formula is C21H25F2N3O2S. The molecule has 156 valence electrons. The normalized spacial score (nSPS) is 14.4. The minimum Gasteiger partial charge on any atom is -0.353 e. The summed E-state index contributed by atoms with van der Waals surface area (Å²) in [6.45, 7) is -0.172. The molecule has 1 aliphatic rings. The van der Waals surface area contributed by atoms with Crippen LogP contribution in [0.4, 0.5) is 8.78 Å². The SMILES string of the molecule is CN(C)C(CNC(=O)CNC(=O)c1cc2c(s1)CCCC2)c1c(F)cccc1F. The van der Waals surface area contributed by atoms with Gasteiger partial charge in [-0.15, -0.1) is 11.3 Å². The highest BCUT2D eigenvalue weighted by atomic mass is 32.1. The molecule has 0 radical (unpaired) electrons. The number of nitrogens with zero attached hydrogens (tertiary/aromatic N) is 1. The molecule has 0 aliphatic heterocycles. The summed E-state index contributed by atoms with van der Waals surface area (Å²) in [6, 6.07) is 4.93. The fraction of sp³-hybridized carbons (Fsp3) is 0.429. The number of thiophene rings is 1. The molecule has 0 fully saturated rings. The molecule has 2 aromatic rings. The van der Waals surface area contributed by atoms with Crippen LogP contribution in [0.3, 0.4) is 0 Å². The zero-order valence-electron chi connectivity index (χ0n) is 16.6. The Bertz CT molecular complexity index is 854. The van der Waals surface area contributed by atoms with Crippen molar-refractivity contribution >= 4 is 23.2 Å². The second-order valence-corrected chi connectivity index (χ2v) is 8.50. The maximum absolute atomic E-state index is 14.1. The number of fused-ring (bicyclic) bond motifs is 1. The molecule has 0 saturated carbocycles. The monoisotopic (exact) mass is 421 g/mol. The molecule has 1 heterocycles. The first-order chi connectivity index (χ1) is 13.9. The third-order valence-electron chi connectivity index (χ3n) is 5.08. The number of carbonyl (C=O) groups excluding carboxylic acids is 2. The van der Waals surface area contributed by atoms with Crippen molar-refractivity contribution in [1.82, 2.24) is 15.5 Å². The molecule has 0 bridgehead atoms. The average Bonchev–Trinajstić information content (AvgIpc) is 3.12. The van der Waals surface area contributed by atoms with E-state index in [1.165, 1.54) is 40.0 Å². The lowest BCUT2D eigenvalue weighted by atomic mass is 9.99. The van der Waals surface area contributed by atoms with Gasteiger partial charge < -0.3 is 15.5 Å². The van der Waals surface area contributed by atoms with Gasteiger partial charge in [0.15, 0.2) is 0 Å². The van der Waals surface area contributed by atoms with Crippen molar-refractivity contribution in [3.63, 3.8) is 0 Å². The molecule has 1 unspecified atom stereocenters. The standard InChI is InChI=1S/C21H25F2N3O2S/c1-26(2)16(20-14(22)7-5-8-15(20)23)11-24-19(27)12-25-21(28)18-10-13-6-3-4-9-17(13)29-18/h5,7-8,10,16H,3-4,6,9,11-12H2,1-2H3,(H,24,27)(H,25,28). The topological polar surface area (TPSA) is 61.4 Å². The van der Waals surface area contributed by atoms with Gasteiger partial charge >= 0.3 is 0 Å². The second kappa shape index (κ2) is 9.45. The number of aryl methyl sites for hydroxylation is 2. The van der Waals surface area contributed by atoms with Crippen LogP contribution in [0.5, 0.6) is 0 Å². The van der Waals surface area contributed by atoms with E-state index >= 15 is 0 Å². The number of nitrogens with one attached hydrogen (secondary N) is 2. The number of hydrogen-bond acceptors (Lipinski definition) is 4. The van der Waals surface area contributed by atoms with E-state index in [4.69, 9.17) is 0 Å². The second-order valence-electron chi connectivity index (χ2n) is 7.37. The lowest BCUT2D eigenvalue weighted by Crippen LogP contribution is -2.41. The van der Waals surface area contributed by atoms with Crippen LogP contribution >= 0.6 is 11.3 Å². The molecule has 5 nitrogen and oxygen atoms in total. The Morgan fingerprint density at radius 1 is 1.14 bits per heavy atom. The molecule has 1 aliphatic carbocycles. The van der Waals surface area contributed by atoms with Crippen molar-refractivity contribution in [2.45, 2.75) is 31.7 Å². The molecule has 3 rings (SSSR count). The van der Waals surface area contributed by atoms with Gasteiger partial charge in [-0.3, -0.25) is 9.59 Å². The summed E-state index contributed by atoms with van der Waals surface area (Å²) in [4.78, 5) is 28.0. The van der Waals surface area contributed by atoms with E-state index in [0.29, 0.717) is 4.88 Å². The Kier molecular flexibility index (Phi) is 6.97. The highest BCUT2D eigenvalue weighted by Crippen LogP contribution is 2.29. The van der Waals surface area contributed by atoms with Gasteiger partial charge in [0.1, 0.15) is 11.6 Å². The van der Waals surface area contributed by atoms with Gasteiger partial charge in [-0.1, -0.05) is 6.07 Å². The highest BCUT2D eigenvalue weighted by molar-refractivity contribution is 7.14. The Morgan fingerprint density at radius 3 is 2.48 bits per heavy atom. The summed E-state index contributed by atoms with van der Waals surface area (Å²) in [5.74, 6) is -2.01. The van der Waals surface area contributed by atoms with Crippen molar-refractivity contribution in [3.8, 4) is 0 Å². The summed E-state index contributed by atoms with van der Waals surface area (Å²) in [5.41, 5.74) is 1.14. The van der Waals surface area contributed by atoms with E-state index in [0.717, 1.165) is 25.7 Å². The number of likely N-dealkylation sites (N-methyl/N-ethyl adjacent to an activating group) is 1. The van der Waals surface area contributed by atoms with Crippen molar-refractivity contribution in [3.05, 3.63) is 56.8 Å². The molecule has 1 aromatic heterocycles. The quantitative estimate of drug-likeness (QED) is 0.722. The molecule has 29 heavy (non-hydrogen) atoms. The number of halogens is 2. The number of benzene rings is 1. The smallest absolute Gasteiger partial charge is 0.261 e. The van der Waals surface area contributed by atoms with Gasteiger partial charge in [0.25, 0.3) is 5.91 Å². The van der Waals surface area contributed by atoms with Gasteiger partial charge in [0.2, 0.25) is 5.91 Å². The molecule has 2 amide bonds. The van der Waals surface area contributed by atoms with Gasteiger partial charge in [-0.2, -0.15) is 0 Å². The van der Waals surface area contributed by atoms with Crippen LogP contribution in [0.1, 0.15) is 44.6 Å². The minimum atomic E-state index is -0.667. The molecule has 0 saturated heterocycles. The van der Waals surface area contributed by atoms with Crippen LogP contribution < -0.4 is 10.6 Å². The highest BCUT2D eigenvalue weighted by Gasteiger charge is 2.23. The van der Waals surface area contributed by atoms with E-state index in [9.17, 15) is 18.4 Å². The maximum Gasteiger partial charge on any atom is 0.261 e. The van der Waals surface area contributed by atoms with Gasteiger partial charge in [0, 0.05) is 17.0 Å². The van der Waals surface area contributed by atoms with E-state index < -0.39 is 23.6 Å². The summed E-state index contributed by atoms with van der Waals surface area (Å²) < 4.78 is 28.2. The van der Waals surface area contributed by atoms with E-state index in [1.807, 2.05) is 6.07 Å². The van der Waals surface area contributed by atoms with Crippen molar-refractivity contribution in [2.75, 3.05) is 27.2 Å². The third kappa shape index (κ3) is 5.19. The van der Waals surface area contributed by atoms with Gasteiger partial charge in [0.05, 0.1) is 17.5 Å². The van der Waals surface area contributed by atoms with Gasteiger partial charge in [-0.25, -0.2) is 8.78 Å². The van der Waals surface area contributed by atoms with Gasteiger partial charge in [-0.05, 0) is 63.5 Å². The van der Waals surface area contributed by atoms with Crippen molar-refractivity contribution < 1.29 is 18.4 Å². The molecule has 1 atom stereocenters. The predicted molar refractivity (Wildman–Crippen MR) is 109 cm³/mol. The molecule has 8 heteroatoms. The first kappa shape index (κ1) is 21.4. The lowest BCUT2D eigenvalue weighted by Gasteiger charge is -2.25. The zero-order chi connectivity index (χ0) is 21.0. The summed E-state index contributed by atoms with van der Waals surface area (Å²) in [7, 11) is 3.37. The fourth-order valence-electron chi connectivity index (χ4n) is 3.50. The van der Waals surface area contributed by atoms with E-state index in [1.54, 1.807) is 19.0 Å². The zero-order valence-corrected chi connectivity index (χ0v) is 17.4. The largest absolute Gasteiger partial charge is 0.353 e. The number of carbonyl (C=O) groups is 2. The summed E-state index contributed by atoms with van der Waals surface area (Å²) >= 11 is 1.48. The van der Waals surface area contributed by atoms with Crippen molar-refractivity contribution in [2.24, 2.45) is 0 Å². The average molecular weight is 422 g/mol. The van der Waals surface area contributed by atoms with E-state index in [2.05, 4.69) is 10.6 Å². The van der Waals surface area contributed by atoms with E-state index in [-0.39, 0.29) is 24.6 Å². The van der Waals surface area contributed by atoms with Crippen molar-refractivity contribution in [1.29, 1.82) is 0 Å². The molecule has 2 N–H and O–H groups in total. The van der Waals surface area contributed by atoms with Crippen LogP contribution in [0.15, 0.2) is 24.3 Å². The fourth-order valence-corrected chi connectivity index (χ4v) is 4.67. The Hall–Kier alpha value is -2.32. The lowest BCUT2D eigenvalue weighted by molar-refractivity contribution is -0.120. The Balaban J connectivity index is 1.54. The molecule has 0 spiro atoms. The number of rotatable bonds is 7. The molecular weight excluding hydrogens is 396 g/mol. The molecule has 1 aromatic carbocycles. The summed E-state index contributed by atoms with van der Waals surface area (Å²) in [6.07, 6.45) is 4.29. The third-order valence-corrected chi connectivity index (χ3v) is 6.31. The van der Waals surface area contributed by atoms with Crippen LogP contribution in [0, 0.1) is 11.6 Å². The Morgan fingerprint density at radius 2 is 1.83 bits per heavy atom. The van der Waals surface area contributed by atoms with Crippen LogP contribution in [-0.2, 0) is 17.6 Å². The Labute approximate surface area is 173 Å². The maximum atomic E-state index is 14.1.